The van der Waals surface area contributed by atoms with Crippen molar-refractivity contribution in [3.05, 3.63) is 52.7 Å². The van der Waals surface area contributed by atoms with Crippen LogP contribution < -0.4 is 0 Å². The van der Waals surface area contributed by atoms with Gasteiger partial charge in [-0.15, -0.1) is 0 Å². The summed E-state index contributed by atoms with van der Waals surface area (Å²) in [6.07, 6.45) is 0. The van der Waals surface area contributed by atoms with Gasteiger partial charge < -0.3 is 0 Å². The Morgan fingerprint density at radius 3 is 2.06 bits per heavy atom. The molecule has 0 unspecified atom stereocenters. The predicted molar refractivity (Wildman–Crippen MR) is 90.4 cm³/mol. The molecule has 0 heterocycles. The molecule has 0 nitrogen and oxygen atoms in total. The molecule has 0 aliphatic carbocycles. The fourth-order valence-corrected chi connectivity index (χ4v) is 4.77. The minimum Gasteiger partial charge on any atom is -0.0605 e. The van der Waals surface area contributed by atoms with Crippen LogP contribution in [0.4, 0.5) is 0 Å². The number of rotatable bonds is 1. The zero-order chi connectivity index (χ0) is 12.6. The van der Waals surface area contributed by atoms with E-state index in [-0.39, 0.29) is 0 Å². The smallest absolute Gasteiger partial charge is 0.0466 e. The molecular formula is C12H5Br5. The van der Waals surface area contributed by atoms with Crippen molar-refractivity contribution in [2.75, 3.05) is 0 Å². The van der Waals surface area contributed by atoms with E-state index in [0.29, 0.717) is 0 Å². The van der Waals surface area contributed by atoms with Gasteiger partial charge in [0.1, 0.15) is 0 Å². The second kappa shape index (κ2) is 5.87. The molecule has 0 saturated heterocycles. The van der Waals surface area contributed by atoms with E-state index >= 15 is 0 Å². The van der Waals surface area contributed by atoms with Crippen molar-refractivity contribution in [3.8, 4) is 11.1 Å². The normalized spacial score (nSPS) is 10.6. The van der Waals surface area contributed by atoms with E-state index < -0.39 is 0 Å². The van der Waals surface area contributed by atoms with Gasteiger partial charge in [0.15, 0.2) is 0 Å². The monoisotopic (exact) mass is 544 g/mol. The average Bonchev–Trinajstić information content (AvgIpc) is 2.26. The molecule has 2 aromatic carbocycles. The Labute approximate surface area is 142 Å². The van der Waals surface area contributed by atoms with Crippen molar-refractivity contribution in [1.29, 1.82) is 0 Å². The molecule has 88 valence electrons. The van der Waals surface area contributed by atoms with Crippen molar-refractivity contribution in [2.45, 2.75) is 0 Å². The first kappa shape index (κ1) is 14.3. The van der Waals surface area contributed by atoms with Gasteiger partial charge in [-0.2, -0.15) is 0 Å². The van der Waals surface area contributed by atoms with Crippen LogP contribution in [0.15, 0.2) is 52.7 Å². The average molecular weight is 549 g/mol. The van der Waals surface area contributed by atoms with Crippen LogP contribution in [0, 0.1) is 0 Å². The second-order valence-electron chi connectivity index (χ2n) is 3.35. The maximum atomic E-state index is 3.62. The first-order chi connectivity index (χ1) is 8.00. The first-order valence-electron chi connectivity index (χ1n) is 4.59. The highest BCUT2D eigenvalue weighted by Gasteiger charge is 2.14. The quantitative estimate of drug-likeness (QED) is 0.262. The molecule has 17 heavy (non-hydrogen) atoms. The van der Waals surface area contributed by atoms with Gasteiger partial charge >= 0.3 is 0 Å². The fraction of sp³-hybridized carbons (Fsp3) is 0. The summed E-state index contributed by atoms with van der Waals surface area (Å²) in [5.41, 5.74) is 2.27. The van der Waals surface area contributed by atoms with Crippen molar-refractivity contribution in [2.24, 2.45) is 0 Å². The van der Waals surface area contributed by atoms with Crippen molar-refractivity contribution < 1.29 is 0 Å². The van der Waals surface area contributed by atoms with E-state index in [9.17, 15) is 0 Å². The topological polar surface area (TPSA) is 0 Å². The lowest BCUT2D eigenvalue weighted by molar-refractivity contribution is 1.47. The standard InChI is InChI=1S/C12H5Br5/c13-7-3-1-2-6(4-7)10-8(14)5-9(15)11(16)12(10)17/h1-5H. The lowest BCUT2D eigenvalue weighted by Gasteiger charge is -2.11. The van der Waals surface area contributed by atoms with Gasteiger partial charge in [0.05, 0.1) is 0 Å². The molecule has 0 aliphatic rings. The van der Waals surface area contributed by atoms with Crippen molar-refractivity contribution >= 4 is 79.6 Å². The van der Waals surface area contributed by atoms with E-state index in [1.54, 1.807) is 0 Å². The second-order valence-corrected chi connectivity index (χ2v) is 7.56. The lowest BCUT2D eigenvalue weighted by atomic mass is 10.1. The molecule has 0 atom stereocenters. The van der Waals surface area contributed by atoms with Crippen LogP contribution in [0.5, 0.6) is 0 Å². The Morgan fingerprint density at radius 1 is 0.706 bits per heavy atom. The maximum absolute atomic E-state index is 3.62. The van der Waals surface area contributed by atoms with E-state index in [4.69, 9.17) is 0 Å². The number of hydrogen-bond donors (Lipinski definition) is 0. The first-order valence-corrected chi connectivity index (χ1v) is 8.56. The number of hydrogen-bond acceptors (Lipinski definition) is 0. The molecule has 0 N–H and O–H groups in total. The Morgan fingerprint density at radius 2 is 1.41 bits per heavy atom. The third kappa shape index (κ3) is 3.06. The SMILES string of the molecule is Brc1cccc(-c2c(Br)cc(Br)c(Br)c2Br)c1. The van der Waals surface area contributed by atoms with Gasteiger partial charge in [-0.1, -0.05) is 44.0 Å². The molecule has 5 heteroatoms. The van der Waals surface area contributed by atoms with Crippen LogP contribution in [0.25, 0.3) is 11.1 Å². The van der Waals surface area contributed by atoms with Gasteiger partial charge in [0, 0.05) is 27.9 Å². The summed E-state index contributed by atoms with van der Waals surface area (Å²) in [5, 5.41) is 0. The molecule has 0 bridgehead atoms. The molecule has 2 rings (SSSR count). The van der Waals surface area contributed by atoms with E-state index in [2.05, 4.69) is 91.8 Å². The highest BCUT2D eigenvalue weighted by molar-refractivity contribution is 9.14. The highest BCUT2D eigenvalue weighted by Crippen LogP contribution is 2.43. The van der Waals surface area contributed by atoms with Gasteiger partial charge in [0.2, 0.25) is 0 Å². The summed E-state index contributed by atoms with van der Waals surface area (Å²) in [5.74, 6) is 0. The van der Waals surface area contributed by atoms with Gasteiger partial charge in [-0.3, -0.25) is 0 Å². The third-order valence-corrected chi connectivity index (χ3v) is 6.65. The molecule has 0 aliphatic heterocycles. The summed E-state index contributed by atoms with van der Waals surface area (Å²) < 4.78 is 5.15. The molecule has 0 spiro atoms. The Balaban J connectivity index is 2.72. The van der Waals surface area contributed by atoms with E-state index in [1.165, 1.54) is 0 Å². The Kier molecular flexibility index (Phi) is 4.92. The molecule has 0 fully saturated rings. The molecule has 0 aromatic heterocycles. The largest absolute Gasteiger partial charge is 0.0605 e. The van der Waals surface area contributed by atoms with Crippen molar-refractivity contribution in [1.82, 2.24) is 0 Å². The van der Waals surface area contributed by atoms with Crippen LogP contribution in [0.2, 0.25) is 0 Å². The van der Waals surface area contributed by atoms with E-state index in [0.717, 1.165) is 33.5 Å². The molecule has 0 saturated carbocycles. The van der Waals surface area contributed by atoms with Gasteiger partial charge in [-0.25, -0.2) is 0 Å². The fourth-order valence-electron chi connectivity index (χ4n) is 1.47. The minimum atomic E-state index is 1.01. The highest BCUT2D eigenvalue weighted by atomic mass is 79.9. The number of benzene rings is 2. The molecule has 0 radical (unpaired) electrons. The van der Waals surface area contributed by atoms with Crippen LogP contribution in [0.1, 0.15) is 0 Å². The summed E-state index contributed by atoms with van der Waals surface area (Å²) in [6, 6.07) is 10.2. The number of halogens is 5. The van der Waals surface area contributed by atoms with Crippen LogP contribution >= 0.6 is 79.6 Å². The van der Waals surface area contributed by atoms with Crippen LogP contribution in [0.3, 0.4) is 0 Å². The van der Waals surface area contributed by atoms with E-state index in [1.807, 2.05) is 18.2 Å². The Bertz CT molecular complexity index is 577. The van der Waals surface area contributed by atoms with Gasteiger partial charge in [-0.05, 0) is 71.6 Å². The predicted octanol–water partition coefficient (Wildman–Crippen LogP) is 7.17. The van der Waals surface area contributed by atoms with Crippen LogP contribution in [-0.2, 0) is 0 Å². The maximum Gasteiger partial charge on any atom is 0.0466 e. The molecule has 2 aromatic rings. The minimum absolute atomic E-state index is 1.01. The van der Waals surface area contributed by atoms with Crippen molar-refractivity contribution in [3.63, 3.8) is 0 Å². The zero-order valence-corrected chi connectivity index (χ0v) is 16.2. The molecular weight excluding hydrogens is 544 g/mol. The summed E-state index contributed by atoms with van der Waals surface area (Å²) in [6.45, 7) is 0. The third-order valence-electron chi connectivity index (χ3n) is 2.23. The Hall–Kier alpha value is 0.840. The molecule has 0 amide bonds. The summed E-state index contributed by atoms with van der Waals surface area (Å²) >= 11 is 17.8. The summed E-state index contributed by atoms with van der Waals surface area (Å²) in [7, 11) is 0. The van der Waals surface area contributed by atoms with Gasteiger partial charge in [0.25, 0.3) is 0 Å². The summed E-state index contributed by atoms with van der Waals surface area (Å²) in [4.78, 5) is 0. The zero-order valence-electron chi connectivity index (χ0n) is 8.28. The van der Waals surface area contributed by atoms with Crippen LogP contribution in [-0.4, -0.2) is 0 Å². The lowest BCUT2D eigenvalue weighted by Crippen LogP contribution is -1.85.